The van der Waals surface area contributed by atoms with E-state index in [0.29, 0.717) is 49.9 Å². The third-order valence-corrected chi connectivity index (χ3v) is 15.9. The van der Waals surface area contributed by atoms with Crippen molar-refractivity contribution in [2.45, 2.75) is 125 Å². The van der Waals surface area contributed by atoms with Crippen LogP contribution in [-0.2, 0) is 33.3 Å². The zero-order valence-electron chi connectivity index (χ0n) is 38.7. The second-order valence-electron chi connectivity index (χ2n) is 20.0. The van der Waals surface area contributed by atoms with Crippen molar-refractivity contribution in [2.75, 3.05) is 13.1 Å². The van der Waals surface area contributed by atoms with E-state index >= 15 is 0 Å². The Morgan fingerprint density at radius 2 is 0.986 bits per heavy atom. The van der Waals surface area contributed by atoms with Gasteiger partial charge in [0.2, 0.25) is 11.8 Å². The van der Waals surface area contributed by atoms with E-state index in [1.807, 2.05) is 24.3 Å². The molecular formula is C52H54F8N6O4. The summed E-state index contributed by atoms with van der Waals surface area (Å²) in [5.41, 5.74) is 0.0208. The van der Waals surface area contributed by atoms with Crippen LogP contribution < -0.4 is 10.6 Å². The Labute approximate surface area is 398 Å². The zero-order valence-corrected chi connectivity index (χ0v) is 38.7. The van der Waals surface area contributed by atoms with E-state index < -0.39 is 59.1 Å². The van der Waals surface area contributed by atoms with Gasteiger partial charge in [0.05, 0.1) is 34.8 Å². The van der Waals surface area contributed by atoms with Crippen LogP contribution in [0.1, 0.15) is 100 Å². The van der Waals surface area contributed by atoms with E-state index in [4.69, 9.17) is 0 Å². The largest absolute Gasteiger partial charge is 0.417 e. The van der Waals surface area contributed by atoms with Crippen LogP contribution in [0.15, 0.2) is 85.2 Å². The molecule has 6 aromatic rings. The van der Waals surface area contributed by atoms with Crippen LogP contribution in [0.4, 0.5) is 35.1 Å². The van der Waals surface area contributed by atoms with Crippen molar-refractivity contribution in [2.24, 2.45) is 11.8 Å². The summed E-state index contributed by atoms with van der Waals surface area (Å²) >= 11 is 0. The lowest BCUT2D eigenvalue weighted by atomic mass is 9.57. The number of carbonyl (C=O) groups excluding carboxylic acids is 2. The van der Waals surface area contributed by atoms with Gasteiger partial charge in [0.1, 0.15) is 11.6 Å². The summed E-state index contributed by atoms with van der Waals surface area (Å²) in [6.45, 7) is 3.22. The van der Waals surface area contributed by atoms with Crippen LogP contribution in [0.3, 0.4) is 0 Å². The number of carbonyl (C=O) groups is 2. The summed E-state index contributed by atoms with van der Waals surface area (Å²) in [5.74, 6) is -2.07. The van der Waals surface area contributed by atoms with Gasteiger partial charge in [-0.15, -0.1) is 0 Å². The van der Waals surface area contributed by atoms with Crippen molar-refractivity contribution < 1.29 is 54.9 Å². The van der Waals surface area contributed by atoms with Crippen LogP contribution in [0.25, 0.3) is 33.2 Å². The van der Waals surface area contributed by atoms with Gasteiger partial charge in [-0.1, -0.05) is 0 Å². The van der Waals surface area contributed by atoms with E-state index in [-0.39, 0.29) is 62.2 Å². The number of aliphatic hydroxyl groups is 2. The molecule has 2 heterocycles. The van der Waals surface area contributed by atoms with E-state index in [2.05, 4.69) is 20.8 Å². The number of alkyl halides is 6. The molecule has 0 aliphatic heterocycles. The van der Waals surface area contributed by atoms with Crippen molar-refractivity contribution in [3.8, 4) is 11.4 Å². The highest BCUT2D eigenvalue weighted by molar-refractivity contribution is 5.84. The minimum Gasteiger partial charge on any atom is -0.380 e. The highest BCUT2D eigenvalue weighted by Crippen LogP contribution is 2.57. The maximum Gasteiger partial charge on any atom is 0.417 e. The Bertz CT molecular complexity index is 2740. The molecule has 4 N–H and O–H groups in total. The molecule has 10 nitrogen and oxygen atoms in total. The maximum absolute atomic E-state index is 13.8. The van der Waals surface area contributed by atoms with Crippen molar-refractivity contribution in [3.05, 3.63) is 119 Å². The Hall–Kier alpha value is -5.88. The number of rotatable bonds is 6. The number of fused-ring (bicyclic) bond motifs is 8. The summed E-state index contributed by atoms with van der Waals surface area (Å²) in [4.78, 5) is 23.7. The van der Waals surface area contributed by atoms with Gasteiger partial charge in [-0.2, -0.15) is 36.5 Å². The molecule has 0 saturated heterocycles. The first kappa shape index (κ1) is 49.1. The van der Waals surface area contributed by atoms with E-state index in [1.165, 1.54) is 38.1 Å². The Morgan fingerprint density at radius 1 is 0.614 bits per heavy atom. The third-order valence-electron chi connectivity index (χ3n) is 15.9. The average Bonchev–Trinajstić information content (AvgIpc) is 3.83. The summed E-state index contributed by atoms with van der Waals surface area (Å²) < 4.78 is 113. The molecule has 2 fully saturated rings. The van der Waals surface area contributed by atoms with Crippen molar-refractivity contribution in [1.82, 2.24) is 30.2 Å². The molecule has 2 amide bonds. The highest BCUT2D eigenvalue weighted by Gasteiger charge is 2.62. The number of benzene rings is 4. The quantitative estimate of drug-likeness (QED) is 0.123. The first-order valence-corrected chi connectivity index (χ1v) is 23.7. The molecule has 0 unspecified atom stereocenters. The van der Waals surface area contributed by atoms with Crippen LogP contribution in [0.5, 0.6) is 0 Å². The highest BCUT2D eigenvalue weighted by atomic mass is 19.4. The molecule has 70 heavy (non-hydrogen) atoms. The van der Waals surface area contributed by atoms with Gasteiger partial charge in [-0.3, -0.25) is 9.59 Å². The number of nitrogens with zero attached hydrogens (tertiary/aromatic N) is 4. The van der Waals surface area contributed by atoms with Gasteiger partial charge >= 0.3 is 12.4 Å². The zero-order chi connectivity index (χ0) is 50.0. The smallest absolute Gasteiger partial charge is 0.380 e. The topological polar surface area (TPSA) is 134 Å². The van der Waals surface area contributed by atoms with Gasteiger partial charge in [-0.25, -0.2) is 18.1 Å². The van der Waals surface area contributed by atoms with Gasteiger partial charge in [0, 0.05) is 48.5 Å². The SMILES string of the molecule is CC(=O)NC[C@@]12CC[C@](O)(C(F)(F)F)C[C@H]1CCCc1cc3c(cnn3-c3ccc(F)cc3)cc12.CC(=O)NC[C@]12CC[C@@](O)(C(F)(F)F)C[C@@H]1CCCc1cc3c(cnn3-c3ccc(F)cc3)cc12. The standard InChI is InChI=1S/2C26H27F4N3O2/c2*1-16(34)31-15-24-9-10-25(35,26(28,29)30)13-19(24)4-2-3-17-12-23-18(11-22(17)24)14-32-33(23)21-7-5-20(27)6-8-21/h2*5-8,11-12,14,19,35H,2-4,9-10,13,15H2,1H3,(H,31,34)/t2*19-,24+,25-/m10/s1. The number of aromatic nitrogens is 4. The predicted octanol–water partition coefficient (Wildman–Crippen LogP) is 9.94. The average molecular weight is 979 g/mol. The van der Waals surface area contributed by atoms with E-state index in [0.717, 1.165) is 44.1 Å². The van der Waals surface area contributed by atoms with Crippen LogP contribution in [0, 0.1) is 23.5 Å². The molecule has 6 atom stereocenters. The molecule has 18 heteroatoms. The lowest BCUT2D eigenvalue weighted by Crippen LogP contribution is -2.57. The van der Waals surface area contributed by atoms with Crippen LogP contribution in [0.2, 0.25) is 0 Å². The first-order chi connectivity index (χ1) is 33.0. The molecule has 2 aromatic heterocycles. The van der Waals surface area contributed by atoms with Crippen molar-refractivity contribution in [3.63, 3.8) is 0 Å². The van der Waals surface area contributed by atoms with Crippen LogP contribution >= 0.6 is 0 Å². The Morgan fingerprint density at radius 3 is 1.33 bits per heavy atom. The lowest BCUT2D eigenvalue weighted by molar-refractivity contribution is -0.279. The number of halogens is 8. The van der Waals surface area contributed by atoms with Gasteiger partial charge in [-0.05, 0) is 184 Å². The molecule has 4 aliphatic carbocycles. The summed E-state index contributed by atoms with van der Waals surface area (Å²) in [5, 5.41) is 37.4. The number of hydrogen-bond donors (Lipinski definition) is 4. The number of amides is 2. The second kappa shape index (κ2) is 18.1. The fourth-order valence-corrected chi connectivity index (χ4v) is 12.1. The minimum absolute atomic E-state index is 0.110. The Kier molecular flexibility index (Phi) is 12.7. The normalized spacial score (nSPS) is 26.6. The predicted molar refractivity (Wildman–Crippen MR) is 245 cm³/mol. The molecule has 0 bridgehead atoms. The fraction of sp³-hybridized carbons (Fsp3) is 0.462. The number of hydrogen-bond acceptors (Lipinski definition) is 6. The van der Waals surface area contributed by atoms with Gasteiger partial charge in [0.25, 0.3) is 0 Å². The first-order valence-electron chi connectivity index (χ1n) is 23.7. The molecule has 4 aliphatic rings. The molecule has 2 saturated carbocycles. The van der Waals surface area contributed by atoms with E-state index in [1.54, 1.807) is 46.0 Å². The van der Waals surface area contributed by atoms with Gasteiger partial charge in [0.15, 0.2) is 11.2 Å². The molecule has 0 radical (unpaired) electrons. The van der Waals surface area contributed by atoms with E-state index in [9.17, 15) is 54.9 Å². The third kappa shape index (κ3) is 8.83. The fourth-order valence-electron chi connectivity index (χ4n) is 12.1. The van der Waals surface area contributed by atoms with Crippen LogP contribution in [-0.4, -0.2) is 78.2 Å². The maximum atomic E-state index is 13.8. The molecule has 372 valence electrons. The van der Waals surface area contributed by atoms with Gasteiger partial charge < -0.3 is 20.8 Å². The molecular weight excluding hydrogens is 925 g/mol. The Balaban J connectivity index is 0.000000174. The lowest BCUT2D eigenvalue weighted by Gasteiger charge is -2.50. The summed E-state index contributed by atoms with van der Waals surface area (Å²) in [7, 11) is 0. The van der Waals surface area contributed by atoms with Crippen molar-refractivity contribution in [1.29, 1.82) is 0 Å². The summed E-state index contributed by atoms with van der Waals surface area (Å²) in [6.07, 6.45) is -3.69. The number of aryl methyl sites for hydroxylation is 2. The minimum atomic E-state index is -4.71. The molecule has 4 aromatic carbocycles. The monoisotopic (exact) mass is 978 g/mol. The van der Waals surface area contributed by atoms with Crippen molar-refractivity contribution >= 4 is 33.6 Å². The molecule has 0 spiro atoms. The number of nitrogens with one attached hydrogen (secondary N) is 2. The molecule has 10 rings (SSSR count). The summed E-state index contributed by atoms with van der Waals surface area (Å²) in [6, 6.07) is 20.0. The second-order valence-corrected chi connectivity index (χ2v) is 20.0.